The maximum absolute atomic E-state index is 13.1. The van der Waals surface area contributed by atoms with E-state index in [1.807, 2.05) is 0 Å². The van der Waals surface area contributed by atoms with E-state index in [2.05, 4.69) is 5.32 Å². The molecule has 0 fully saturated rings. The second-order valence-electron chi connectivity index (χ2n) is 8.74. The number of carboxylic acid groups (broad SMARTS) is 2. The van der Waals surface area contributed by atoms with E-state index in [4.69, 9.17) is 5.11 Å². The number of benzene rings is 4. The number of hydrogen-bond acceptors (Lipinski definition) is 4. The number of rotatable bonds is 8. The molecule has 0 saturated carbocycles. The number of aromatic carboxylic acids is 2. The van der Waals surface area contributed by atoms with E-state index in [1.165, 1.54) is 65.6 Å². The van der Waals surface area contributed by atoms with Gasteiger partial charge in [-0.2, -0.15) is 0 Å². The second-order valence-corrected chi connectivity index (χ2v) is 8.74. The number of amides is 2. The van der Waals surface area contributed by atoms with Crippen molar-refractivity contribution in [3.8, 4) is 0 Å². The van der Waals surface area contributed by atoms with Crippen molar-refractivity contribution in [3.05, 3.63) is 130 Å². The Morgan fingerprint density at radius 3 is 1.85 bits per heavy atom. The Hall–Kier alpha value is -5.57. The first-order valence-corrected chi connectivity index (χ1v) is 12.0. The van der Waals surface area contributed by atoms with Crippen molar-refractivity contribution in [1.29, 1.82) is 0 Å². The molecule has 0 saturated heterocycles. The quantitative estimate of drug-likeness (QED) is 0.239. The summed E-state index contributed by atoms with van der Waals surface area (Å²) in [7, 11) is 1.55. The molecule has 40 heavy (non-hydrogen) atoms. The van der Waals surface area contributed by atoms with E-state index in [0.717, 1.165) is 5.56 Å². The summed E-state index contributed by atoms with van der Waals surface area (Å²) < 4.78 is 13.1. The van der Waals surface area contributed by atoms with Gasteiger partial charge in [0.15, 0.2) is 0 Å². The highest BCUT2D eigenvalue weighted by atomic mass is 19.1. The lowest BCUT2D eigenvalue weighted by molar-refractivity contribution is 0.0686. The fraction of sp³-hybridized carbons (Fsp3) is 0.0323. The summed E-state index contributed by atoms with van der Waals surface area (Å²) in [5, 5.41) is 21.3. The molecule has 8 nitrogen and oxygen atoms in total. The van der Waals surface area contributed by atoms with E-state index >= 15 is 0 Å². The second kappa shape index (κ2) is 11.9. The first kappa shape index (κ1) is 27.5. The van der Waals surface area contributed by atoms with E-state index < -0.39 is 17.8 Å². The van der Waals surface area contributed by atoms with Gasteiger partial charge in [0.2, 0.25) is 0 Å². The third-order valence-electron chi connectivity index (χ3n) is 6.06. The Kier molecular flexibility index (Phi) is 8.15. The number of halogens is 1. The first-order chi connectivity index (χ1) is 19.1. The van der Waals surface area contributed by atoms with Gasteiger partial charge in [0.1, 0.15) is 5.82 Å². The van der Waals surface area contributed by atoms with Crippen molar-refractivity contribution in [1.82, 2.24) is 0 Å². The van der Waals surface area contributed by atoms with E-state index in [-0.39, 0.29) is 34.1 Å². The maximum atomic E-state index is 13.1. The molecule has 0 bridgehead atoms. The van der Waals surface area contributed by atoms with Crippen LogP contribution in [0.3, 0.4) is 0 Å². The highest BCUT2D eigenvalue weighted by molar-refractivity contribution is 6.09. The van der Waals surface area contributed by atoms with Gasteiger partial charge in [0, 0.05) is 23.9 Å². The molecule has 4 aromatic carbocycles. The maximum Gasteiger partial charge on any atom is 0.337 e. The highest BCUT2D eigenvalue weighted by Gasteiger charge is 2.17. The topological polar surface area (TPSA) is 124 Å². The van der Waals surface area contributed by atoms with Crippen molar-refractivity contribution in [2.75, 3.05) is 17.3 Å². The minimum absolute atomic E-state index is 0.0664. The molecule has 9 heteroatoms. The van der Waals surface area contributed by atoms with Crippen LogP contribution in [0.4, 0.5) is 15.8 Å². The lowest BCUT2D eigenvalue weighted by Gasteiger charge is -2.18. The minimum Gasteiger partial charge on any atom is -0.478 e. The molecule has 0 unspecified atom stereocenters. The Morgan fingerprint density at radius 2 is 1.25 bits per heavy atom. The average Bonchev–Trinajstić information content (AvgIpc) is 2.96. The van der Waals surface area contributed by atoms with Crippen LogP contribution in [-0.2, 0) is 0 Å². The number of hydrogen-bond donors (Lipinski definition) is 3. The molecule has 0 aliphatic heterocycles. The Labute approximate surface area is 228 Å². The fourth-order valence-corrected chi connectivity index (χ4v) is 3.81. The van der Waals surface area contributed by atoms with E-state index in [1.54, 1.807) is 49.5 Å². The van der Waals surface area contributed by atoms with E-state index in [9.17, 15) is 28.7 Å². The van der Waals surface area contributed by atoms with Crippen LogP contribution in [0.2, 0.25) is 0 Å². The number of carboxylic acids is 2. The van der Waals surface area contributed by atoms with Crippen molar-refractivity contribution in [2.24, 2.45) is 0 Å². The fourth-order valence-electron chi connectivity index (χ4n) is 3.81. The monoisotopic (exact) mass is 538 g/mol. The number of carbonyl (C=O) groups excluding carboxylic acids is 2. The third-order valence-corrected chi connectivity index (χ3v) is 6.06. The summed E-state index contributed by atoms with van der Waals surface area (Å²) in [6.45, 7) is 0. The van der Waals surface area contributed by atoms with Crippen molar-refractivity contribution < 1.29 is 33.8 Å². The van der Waals surface area contributed by atoms with Gasteiger partial charge in [0.05, 0.1) is 16.8 Å². The molecule has 0 aromatic heterocycles. The van der Waals surface area contributed by atoms with Crippen LogP contribution in [0.1, 0.15) is 52.6 Å². The Bertz CT molecular complexity index is 1610. The van der Waals surface area contributed by atoms with Gasteiger partial charge in [-0.3, -0.25) is 9.59 Å². The predicted octanol–water partition coefficient (Wildman–Crippen LogP) is 5.92. The molecular weight excluding hydrogens is 515 g/mol. The van der Waals surface area contributed by atoms with Crippen molar-refractivity contribution in [2.45, 2.75) is 0 Å². The summed E-state index contributed by atoms with van der Waals surface area (Å²) >= 11 is 0. The number of nitrogens with one attached hydrogen (secondary N) is 1. The standard InChI is InChI=1S/C31H23FN2O6/c1-34(29(36)22-7-9-23(10-8-22)30(37)38)25-15-11-21(12-16-25)28(35)33-27-17-6-20(18-26(27)31(39)40)3-2-19-4-13-24(32)14-5-19/h2-18H,1H3,(H,33,35)(H,37,38)(H,39,40)/b3-2+. The van der Waals surface area contributed by atoms with Gasteiger partial charge in [-0.25, -0.2) is 14.0 Å². The van der Waals surface area contributed by atoms with Crippen LogP contribution in [0.25, 0.3) is 12.2 Å². The molecule has 0 heterocycles. The van der Waals surface area contributed by atoms with Crippen LogP contribution in [-0.4, -0.2) is 41.0 Å². The minimum atomic E-state index is -1.22. The van der Waals surface area contributed by atoms with Crippen LogP contribution < -0.4 is 10.2 Å². The zero-order valence-electron chi connectivity index (χ0n) is 21.2. The molecule has 0 aliphatic rings. The van der Waals surface area contributed by atoms with Crippen molar-refractivity contribution >= 4 is 47.3 Å². The lowest BCUT2D eigenvalue weighted by Crippen LogP contribution is -2.26. The zero-order valence-corrected chi connectivity index (χ0v) is 21.2. The first-order valence-electron chi connectivity index (χ1n) is 12.0. The predicted molar refractivity (Wildman–Crippen MR) is 149 cm³/mol. The summed E-state index contributed by atoms with van der Waals surface area (Å²) in [5.74, 6) is -3.58. The molecule has 4 rings (SSSR count). The molecule has 2 amide bonds. The molecular formula is C31H23FN2O6. The number of nitrogens with zero attached hydrogens (tertiary/aromatic N) is 1. The van der Waals surface area contributed by atoms with Gasteiger partial charge in [-0.05, 0) is 83.9 Å². The van der Waals surface area contributed by atoms with Crippen LogP contribution in [0.5, 0.6) is 0 Å². The molecule has 4 aromatic rings. The average molecular weight is 539 g/mol. The smallest absolute Gasteiger partial charge is 0.337 e. The number of carbonyl (C=O) groups is 4. The van der Waals surface area contributed by atoms with Crippen molar-refractivity contribution in [3.63, 3.8) is 0 Å². The normalized spacial score (nSPS) is 10.8. The summed E-state index contributed by atoms with van der Waals surface area (Å²) in [4.78, 5) is 49.9. The molecule has 0 aliphatic carbocycles. The molecule has 0 radical (unpaired) electrons. The van der Waals surface area contributed by atoms with Gasteiger partial charge in [0.25, 0.3) is 11.8 Å². The van der Waals surface area contributed by atoms with Gasteiger partial charge < -0.3 is 20.4 Å². The third kappa shape index (κ3) is 6.46. The summed E-state index contributed by atoms with van der Waals surface area (Å²) in [5.41, 5.74) is 2.42. The molecule has 200 valence electrons. The van der Waals surface area contributed by atoms with Crippen LogP contribution >= 0.6 is 0 Å². The Balaban J connectivity index is 1.46. The molecule has 0 atom stereocenters. The van der Waals surface area contributed by atoms with Crippen LogP contribution in [0.15, 0.2) is 91.0 Å². The lowest BCUT2D eigenvalue weighted by atomic mass is 10.1. The van der Waals surface area contributed by atoms with Crippen LogP contribution in [0, 0.1) is 5.82 Å². The SMILES string of the molecule is CN(C(=O)c1ccc(C(=O)O)cc1)c1ccc(C(=O)Nc2ccc(/C=C/c3ccc(F)cc3)cc2C(=O)O)cc1. The summed E-state index contributed by atoms with van der Waals surface area (Å²) in [6, 6.07) is 22.1. The van der Waals surface area contributed by atoms with Gasteiger partial charge in [-0.1, -0.05) is 30.4 Å². The van der Waals surface area contributed by atoms with Gasteiger partial charge >= 0.3 is 11.9 Å². The Morgan fingerprint density at radius 1 is 0.700 bits per heavy atom. The zero-order chi connectivity index (χ0) is 28.8. The van der Waals surface area contributed by atoms with E-state index in [0.29, 0.717) is 16.8 Å². The highest BCUT2D eigenvalue weighted by Crippen LogP contribution is 2.22. The molecule has 0 spiro atoms. The largest absolute Gasteiger partial charge is 0.478 e. The molecule has 3 N–H and O–H groups in total. The number of anilines is 2. The summed E-state index contributed by atoms with van der Waals surface area (Å²) in [6.07, 6.45) is 3.40. The van der Waals surface area contributed by atoms with Gasteiger partial charge in [-0.15, -0.1) is 0 Å².